The van der Waals surface area contributed by atoms with E-state index in [2.05, 4.69) is 27.9 Å². The topological polar surface area (TPSA) is 176 Å². The van der Waals surface area contributed by atoms with Gasteiger partial charge in [-0.3, -0.25) is 43.6 Å². The van der Waals surface area contributed by atoms with Crippen LogP contribution in [0.2, 0.25) is 0 Å². The Kier molecular flexibility index (Phi) is 10.6. The highest BCUT2D eigenvalue weighted by molar-refractivity contribution is 6.25. The molecule has 3 aromatic rings. The molecule has 14 nitrogen and oxygen atoms in total. The van der Waals surface area contributed by atoms with Crippen LogP contribution in [-0.2, 0) is 14.4 Å². The van der Waals surface area contributed by atoms with E-state index < -0.39 is 29.7 Å². The zero-order valence-electron chi connectivity index (χ0n) is 30.5. The predicted molar refractivity (Wildman–Crippen MR) is 199 cm³/mol. The van der Waals surface area contributed by atoms with Crippen LogP contribution >= 0.6 is 0 Å². The van der Waals surface area contributed by atoms with Gasteiger partial charge in [-0.25, -0.2) is 4.98 Å². The summed E-state index contributed by atoms with van der Waals surface area (Å²) >= 11 is 0. The number of unbranched alkanes of at least 4 members (excludes halogenated alkanes) is 3. The standard InChI is InChI=1S/C39H48N8O6/c1-23-9-7-12-29(23)46-34-25(21-24(2)36(46)51)22-41-39(44-34)42-26-16-19-45(20-17-26)32(49)13-5-3-4-6-18-40-28-11-8-10-27-33(28)38(53)47(37(27)52)30-14-15-31(48)43-35(30)50/h8,10-11,21-23,26,29-30,40H,3-7,9,12-20H2,1-2H3,(H,41,42,44)(H,43,48,50)/t23-,29+,30?/m0/s1. The van der Waals surface area contributed by atoms with Crippen molar-refractivity contribution < 1.29 is 24.0 Å². The summed E-state index contributed by atoms with van der Waals surface area (Å²) in [5.41, 5.74) is 2.48. The number of likely N-dealkylation sites (tertiary alicyclic amines) is 1. The summed E-state index contributed by atoms with van der Waals surface area (Å²) in [5, 5.41) is 9.85. The first-order chi connectivity index (χ1) is 25.6. The summed E-state index contributed by atoms with van der Waals surface area (Å²) in [4.78, 5) is 88.9. The van der Waals surface area contributed by atoms with Crippen molar-refractivity contribution in [3.05, 3.63) is 57.5 Å². The summed E-state index contributed by atoms with van der Waals surface area (Å²) in [6, 6.07) is 6.21. The summed E-state index contributed by atoms with van der Waals surface area (Å²) in [7, 11) is 0. The van der Waals surface area contributed by atoms with Crippen molar-refractivity contribution >= 4 is 52.2 Å². The summed E-state index contributed by atoms with van der Waals surface area (Å²) in [5.74, 6) is -0.982. The van der Waals surface area contributed by atoms with Crippen molar-refractivity contribution in [3.63, 3.8) is 0 Å². The second-order valence-electron chi connectivity index (χ2n) is 15.0. The average molecular weight is 725 g/mol. The fourth-order valence-corrected chi connectivity index (χ4v) is 8.40. The Morgan fingerprint density at radius 2 is 1.75 bits per heavy atom. The maximum absolute atomic E-state index is 13.3. The highest BCUT2D eigenvalue weighted by Crippen LogP contribution is 2.36. The minimum atomic E-state index is -0.999. The maximum atomic E-state index is 13.3. The molecule has 0 bridgehead atoms. The van der Waals surface area contributed by atoms with E-state index in [9.17, 15) is 28.8 Å². The van der Waals surface area contributed by atoms with Gasteiger partial charge < -0.3 is 15.5 Å². The zero-order chi connectivity index (χ0) is 37.2. The number of nitrogens with one attached hydrogen (secondary N) is 3. The van der Waals surface area contributed by atoms with Gasteiger partial charge in [-0.2, -0.15) is 4.98 Å². The number of nitrogens with zero attached hydrogens (tertiary/aromatic N) is 5. The number of benzene rings is 1. The lowest BCUT2D eigenvalue weighted by atomic mass is 10.0. The zero-order valence-corrected chi connectivity index (χ0v) is 30.5. The van der Waals surface area contributed by atoms with Crippen molar-refractivity contribution in [3.8, 4) is 0 Å². The molecule has 5 amide bonds. The minimum Gasteiger partial charge on any atom is -0.384 e. The van der Waals surface area contributed by atoms with Crippen molar-refractivity contribution in [1.29, 1.82) is 0 Å². The van der Waals surface area contributed by atoms with E-state index in [0.29, 0.717) is 54.8 Å². The molecule has 2 saturated heterocycles. The van der Waals surface area contributed by atoms with Gasteiger partial charge in [0.05, 0.1) is 11.1 Å². The molecule has 5 heterocycles. The quantitative estimate of drug-likeness (QED) is 0.180. The Labute approximate surface area is 308 Å². The molecular formula is C39H48N8O6. The molecule has 1 aliphatic carbocycles. The number of aromatic nitrogens is 3. The highest BCUT2D eigenvalue weighted by atomic mass is 16.2. The summed E-state index contributed by atoms with van der Waals surface area (Å²) in [6.45, 7) is 5.99. The number of carbonyl (C=O) groups excluding carboxylic acids is 5. The molecule has 4 aliphatic rings. The number of piperidine rings is 2. The number of amides is 5. The molecule has 3 atom stereocenters. The van der Waals surface area contributed by atoms with Gasteiger partial charge in [0, 0.05) is 67.4 Å². The van der Waals surface area contributed by atoms with Crippen LogP contribution < -0.4 is 21.5 Å². The van der Waals surface area contributed by atoms with Crippen LogP contribution in [0, 0.1) is 12.8 Å². The third-order valence-corrected chi connectivity index (χ3v) is 11.4. The molecule has 0 spiro atoms. The first kappa shape index (κ1) is 36.2. The van der Waals surface area contributed by atoms with Gasteiger partial charge in [0.1, 0.15) is 11.7 Å². The van der Waals surface area contributed by atoms with Crippen LogP contribution in [0.3, 0.4) is 0 Å². The molecule has 2 aromatic heterocycles. The average Bonchev–Trinajstić information content (AvgIpc) is 3.68. The molecule has 14 heteroatoms. The minimum absolute atomic E-state index is 0.0254. The van der Waals surface area contributed by atoms with Gasteiger partial charge in [0.25, 0.3) is 17.4 Å². The predicted octanol–water partition coefficient (Wildman–Crippen LogP) is 4.33. The number of imide groups is 2. The third-order valence-electron chi connectivity index (χ3n) is 11.4. The first-order valence-corrected chi connectivity index (χ1v) is 19.1. The normalized spacial score (nSPS) is 22.0. The molecule has 53 heavy (non-hydrogen) atoms. The van der Waals surface area contributed by atoms with Gasteiger partial charge in [-0.1, -0.05) is 32.3 Å². The SMILES string of the molecule is Cc1cc2cnc(NC3CCN(C(=O)CCCCCCNc4cccc5c4C(=O)N(C4CCC(=O)NC4=O)C5=O)CC3)nc2n([C@@H]2CCC[C@@H]2C)c1=O. The molecule has 1 saturated carbocycles. The van der Waals surface area contributed by atoms with Gasteiger partial charge in [0.15, 0.2) is 0 Å². The van der Waals surface area contributed by atoms with E-state index in [0.717, 1.165) is 68.1 Å². The maximum Gasteiger partial charge on any atom is 0.264 e. The highest BCUT2D eigenvalue weighted by Gasteiger charge is 2.45. The monoisotopic (exact) mass is 724 g/mol. The lowest BCUT2D eigenvalue weighted by Crippen LogP contribution is -2.54. The Bertz CT molecular complexity index is 2000. The molecule has 280 valence electrons. The number of fused-ring (bicyclic) bond motifs is 2. The molecular weight excluding hydrogens is 676 g/mol. The molecule has 3 aliphatic heterocycles. The summed E-state index contributed by atoms with van der Waals surface area (Å²) < 4.78 is 1.90. The molecule has 1 aromatic carbocycles. The molecule has 3 N–H and O–H groups in total. The smallest absolute Gasteiger partial charge is 0.264 e. The molecule has 0 radical (unpaired) electrons. The van der Waals surface area contributed by atoms with Gasteiger partial charge in [-0.15, -0.1) is 0 Å². The second-order valence-corrected chi connectivity index (χ2v) is 15.0. The van der Waals surface area contributed by atoms with Gasteiger partial charge in [0.2, 0.25) is 23.7 Å². The number of hydrogen-bond donors (Lipinski definition) is 3. The van der Waals surface area contributed by atoms with Crippen molar-refractivity contribution in [1.82, 2.24) is 29.7 Å². The van der Waals surface area contributed by atoms with E-state index >= 15 is 0 Å². The van der Waals surface area contributed by atoms with Crippen molar-refractivity contribution in [2.75, 3.05) is 30.3 Å². The molecule has 7 rings (SSSR count). The van der Waals surface area contributed by atoms with Crippen LogP contribution in [0.1, 0.15) is 116 Å². The van der Waals surface area contributed by atoms with Crippen molar-refractivity contribution in [2.24, 2.45) is 5.92 Å². The second kappa shape index (κ2) is 15.5. The van der Waals surface area contributed by atoms with Crippen LogP contribution in [0.4, 0.5) is 11.6 Å². The Hall–Kier alpha value is -5.14. The lowest BCUT2D eigenvalue weighted by Gasteiger charge is -2.32. The lowest BCUT2D eigenvalue weighted by molar-refractivity contribution is -0.136. The third kappa shape index (κ3) is 7.40. The van der Waals surface area contributed by atoms with Gasteiger partial charge >= 0.3 is 0 Å². The van der Waals surface area contributed by atoms with Crippen LogP contribution in [0.15, 0.2) is 35.3 Å². The van der Waals surface area contributed by atoms with E-state index in [-0.39, 0.29) is 47.5 Å². The van der Waals surface area contributed by atoms with E-state index in [1.54, 1.807) is 24.4 Å². The molecule has 1 unspecified atom stereocenters. The first-order valence-electron chi connectivity index (χ1n) is 19.1. The van der Waals surface area contributed by atoms with Gasteiger partial charge in [-0.05, 0) is 76.0 Å². The Balaban J connectivity index is 0.832. The fraction of sp³-hybridized carbons (Fsp3) is 0.538. The van der Waals surface area contributed by atoms with Crippen LogP contribution in [-0.4, -0.2) is 85.6 Å². The number of rotatable bonds is 12. The molecule has 3 fully saturated rings. The number of aryl methyl sites for hydroxylation is 1. The number of carbonyl (C=O) groups is 5. The summed E-state index contributed by atoms with van der Waals surface area (Å²) in [6.07, 6.45) is 10.7. The number of pyridine rings is 1. The van der Waals surface area contributed by atoms with Crippen LogP contribution in [0.25, 0.3) is 11.0 Å². The number of hydrogen-bond acceptors (Lipinski definition) is 10. The van der Waals surface area contributed by atoms with E-state index in [4.69, 9.17) is 4.98 Å². The largest absolute Gasteiger partial charge is 0.384 e. The Morgan fingerprint density at radius 3 is 2.51 bits per heavy atom. The number of anilines is 2. The van der Waals surface area contributed by atoms with Crippen molar-refractivity contribution in [2.45, 2.75) is 109 Å². The van der Waals surface area contributed by atoms with E-state index in [1.165, 1.54) is 0 Å². The Morgan fingerprint density at radius 1 is 0.962 bits per heavy atom. The van der Waals surface area contributed by atoms with Crippen LogP contribution in [0.5, 0.6) is 0 Å². The van der Waals surface area contributed by atoms with E-state index in [1.807, 2.05) is 22.5 Å². The fourth-order valence-electron chi connectivity index (χ4n) is 8.40.